The van der Waals surface area contributed by atoms with Gasteiger partial charge < -0.3 is 10.2 Å². The average molecular weight is 369 g/mol. The first-order valence-corrected chi connectivity index (χ1v) is 8.30. The first-order chi connectivity index (χ1) is 11.1. The molecule has 1 N–H and O–H groups in total. The molecule has 130 valence electrons. The van der Waals surface area contributed by atoms with Gasteiger partial charge >= 0.3 is 0 Å². The lowest BCUT2D eigenvalue weighted by molar-refractivity contribution is 0.0742. The number of halogens is 2. The molecule has 7 heteroatoms. The van der Waals surface area contributed by atoms with E-state index >= 15 is 0 Å². The molecule has 0 radical (unpaired) electrons. The van der Waals surface area contributed by atoms with Gasteiger partial charge in [-0.2, -0.15) is 5.10 Å². The Bertz CT molecular complexity index is 710. The Hall–Kier alpha value is -1.56. The number of amides is 1. The third-order valence-corrected chi connectivity index (χ3v) is 4.62. The van der Waals surface area contributed by atoms with Crippen molar-refractivity contribution in [2.24, 2.45) is 0 Å². The van der Waals surface area contributed by atoms with Crippen molar-refractivity contribution in [1.29, 1.82) is 0 Å². The molecule has 1 amide bonds. The second-order valence-corrected chi connectivity index (χ2v) is 6.25. The maximum Gasteiger partial charge on any atom is 0.257 e. The fourth-order valence-corrected chi connectivity index (χ4v) is 3.23. The Morgan fingerprint density at radius 2 is 2.29 bits per heavy atom. The summed E-state index contributed by atoms with van der Waals surface area (Å²) in [7, 11) is 1.87. The molecule has 5 nitrogen and oxygen atoms in total. The maximum atomic E-state index is 12.8. The van der Waals surface area contributed by atoms with Crippen molar-refractivity contribution in [3.63, 3.8) is 0 Å². The number of nitrogens with zero attached hydrogens (tertiary/aromatic N) is 3. The van der Waals surface area contributed by atoms with Crippen molar-refractivity contribution < 1.29 is 4.79 Å². The second kappa shape index (κ2) is 8.01. The lowest BCUT2D eigenvalue weighted by atomic mass is 10.1. The summed E-state index contributed by atoms with van der Waals surface area (Å²) < 4.78 is 1.81. The molecular formula is C17H22Cl2N4O. The Kier molecular flexibility index (Phi) is 6.27. The third kappa shape index (κ3) is 3.58. The zero-order valence-electron chi connectivity index (χ0n) is 13.8. The first-order valence-electron chi connectivity index (χ1n) is 7.92. The number of carbonyl (C=O) groups is 1. The third-order valence-electron chi connectivity index (χ3n) is 4.39. The quantitative estimate of drug-likeness (QED) is 0.902. The van der Waals surface area contributed by atoms with Crippen LogP contribution in [0.15, 0.2) is 30.5 Å². The summed E-state index contributed by atoms with van der Waals surface area (Å²) in [6, 6.07) is 7.76. The summed E-state index contributed by atoms with van der Waals surface area (Å²) in [4.78, 5) is 14.7. The predicted octanol–water partition coefficient (Wildman–Crippen LogP) is 2.94. The smallest absolute Gasteiger partial charge is 0.257 e. The average Bonchev–Trinajstić information content (AvgIpc) is 3.22. The summed E-state index contributed by atoms with van der Waals surface area (Å²) in [6.07, 6.45) is 3.39. The van der Waals surface area contributed by atoms with Crippen molar-refractivity contribution in [3.05, 3.63) is 46.7 Å². The Morgan fingerprint density at radius 1 is 1.50 bits per heavy atom. The van der Waals surface area contributed by atoms with Gasteiger partial charge in [0.2, 0.25) is 0 Å². The van der Waals surface area contributed by atoms with E-state index in [1.165, 1.54) is 0 Å². The van der Waals surface area contributed by atoms with Gasteiger partial charge in [-0.25, -0.2) is 4.68 Å². The van der Waals surface area contributed by atoms with E-state index in [0.29, 0.717) is 10.6 Å². The number of likely N-dealkylation sites (N-methyl/N-ethyl adjacent to an activating group) is 1. The molecular weight excluding hydrogens is 347 g/mol. The van der Waals surface area contributed by atoms with Crippen LogP contribution in [0, 0.1) is 0 Å². The molecule has 0 bridgehead atoms. The molecule has 1 atom stereocenters. The van der Waals surface area contributed by atoms with Gasteiger partial charge in [0, 0.05) is 24.7 Å². The molecule has 2 heterocycles. The van der Waals surface area contributed by atoms with E-state index in [-0.39, 0.29) is 24.4 Å². The van der Waals surface area contributed by atoms with Crippen molar-refractivity contribution >= 4 is 29.9 Å². The van der Waals surface area contributed by atoms with Crippen LogP contribution in [-0.2, 0) is 6.42 Å². The summed E-state index contributed by atoms with van der Waals surface area (Å²) in [5, 5.41) is 8.37. The number of hydrogen-bond acceptors (Lipinski definition) is 3. The van der Waals surface area contributed by atoms with Crippen LogP contribution in [0.2, 0.25) is 5.02 Å². The van der Waals surface area contributed by atoms with Crippen LogP contribution in [0.1, 0.15) is 29.4 Å². The largest absolute Gasteiger partial charge is 0.337 e. The highest BCUT2D eigenvalue weighted by atomic mass is 35.5. The molecule has 1 saturated heterocycles. The molecule has 24 heavy (non-hydrogen) atoms. The number of rotatable bonds is 4. The highest BCUT2D eigenvalue weighted by molar-refractivity contribution is 6.30. The molecule has 1 aliphatic rings. The lowest BCUT2D eigenvalue weighted by Gasteiger charge is -2.23. The molecule has 1 unspecified atom stereocenters. The van der Waals surface area contributed by atoms with Gasteiger partial charge in [0.15, 0.2) is 0 Å². The summed E-state index contributed by atoms with van der Waals surface area (Å²) in [5.74, 6) is 0.0313. The summed E-state index contributed by atoms with van der Waals surface area (Å²) >= 11 is 6.07. The van der Waals surface area contributed by atoms with E-state index in [0.717, 1.165) is 37.3 Å². The van der Waals surface area contributed by atoms with Gasteiger partial charge in [-0.05, 0) is 37.6 Å². The maximum absolute atomic E-state index is 12.8. The zero-order chi connectivity index (χ0) is 16.4. The molecule has 3 rings (SSSR count). The summed E-state index contributed by atoms with van der Waals surface area (Å²) in [5.41, 5.74) is 2.45. The molecule has 0 aliphatic carbocycles. The van der Waals surface area contributed by atoms with Gasteiger partial charge in [-0.15, -0.1) is 12.4 Å². The molecule has 1 aromatic heterocycles. The monoisotopic (exact) mass is 368 g/mol. The van der Waals surface area contributed by atoms with Crippen LogP contribution in [0.4, 0.5) is 0 Å². The van der Waals surface area contributed by atoms with Crippen LogP contribution >= 0.6 is 24.0 Å². The molecule has 1 aromatic carbocycles. The number of hydrogen-bond donors (Lipinski definition) is 1. The van der Waals surface area contributed by atoms with Crippen LogP contribution in [-0.4, -0.2) is 46.8 Å². The van der Waals surface area contributed by atoms with Crippen LogP contribution in [0.25, 0.3) is 5.69 Å². The Labute approximate surface area is 153 Å². The van der Waals surface area contributed by atoms with E-state index in [1.54, 1.807) is 10.9 Å². The molecule has 0 saturated carbocycles. The highest BCUT2D eigenvalue weighted by Crippen LogP contribution is 2.21. The lowest BCUT2D eigenvalue weighted by Crippen LogP contribution is -2.38. The van der Waals surface area contributed by atoms with Crippen LogP contribution < -0.4 is 5.32 Å². The standard InChI is InChI=1S/C17H21ClN4O.ClH/c1-3-16-15(17(23)21(2)14-7-8-19-10-14)11-20-22(16)13-6-4-5-12(18)9-13;/h4-6,9,11,14,19H,3,7-8,10H2,1-2H3;1H. The fraction of sp³-hybridized carbons (Fsp3) is 0.412. The van der Waals surface area contributed by atoms with E-state index in [9.17, 15) is 4.79 Å². The Balaban J connectivity index is 0.00000208. The number of benzene rings is 1. The first kappa shape index (κ1) is 18.8. The minimum Gasteiger partial charge on any atom is -0.337 e. The Morgan fingerprint density at radius 3 is 2.92 bits per heavy atom. The van der Waals surface area contributed by atoms with Crippen molar-refractivity contribution in [3.8, 4) is 5.69 Å². The predicted molar refractivity (Wildman–Crippen MR) is 98.6 cm³/mol. The number of aromatic nitrogens is 2. The van der Waals surface area contributed by atoms with E-state index < -0.39 is 0 Å². The second-order valence-electron chi connectivity index (χ2n) is 5.81. The van der Waals surface area contributed by atoms with E-state index in [2.05, 4.69) is 10.4 Å². The van der Waals surface area contributed by atoms with Crippen LogP contribution in [0.3, 0.4) is 0 Å². The van der Waals surface area contributed by atoms with Crippen molar-refractivity contribution in [2.45, 2.75) is 25.8 Å². The van der Waals surface area contributed by atoms with E-state index in [4.69, 9.17) is 11.6 Å². The number of carbonyl (C=O) groups excluding carboxylic acids is 1. The van der Waals surface area contributed by atoms with Crippen molar-refractivity contribution in [1.82, 2.24) is 20.0 Å². The van der Waals surface area contributed by atoms with Gasteiger partial charge in [0.05, 0.1) is 23.1 Å². The van der Waals surface area contributed by atoms with Gasteiger partial charge in [-0.1, -0.05) is 24.6 Å². The fourth-order valence-electron chi connectivity index (χ4n) is 3.05. The zero-order valence-corrected chi connectivity index (χ0v) is 15.4. The highest BCUT2D eigenvalue weighted by Gasteiger charge is 2.27. The minimum absolute atomic E-state index is 0. The van der Waals surface area contributed by atoms with Crippen LogP contribution in [0.5, 0.6) is 0 Å². The van der Waals surface area contributed by atoms with Gasteiger partial charge in [0.1, 0.15) is 0 Å². The van der Waals surface area contributed by atoms with E-state index in [1.807, 2.05) is 43.1 Å². The molecule has 1 fully saturated rings. The minimum atomic E-state index is 0. The van der Waals surface area contributed by atoms with Crippen molar-refractivity contribution in [2.75, 3.05) is 20.1 Å². The number of nitrogens with one attached hydrogen (secondary N) is 1. The molecule has 2 aromatic rings. The SMILES string of the molecule is CCc1c(C(=O)N(C)C2CCNC2)cnn1-c1cccc(Cl)c1.Cl. The molecule has 1 aliphatic heterocycles. The topological polar surface area (TPSA) is 50.2 Å². The normalized spacial score (nSPS) is 16.7. The molecule has 0 spiro atoms. The van der Waals surface area contributed by atoms with Gasteiger partial charge in [-0.3, -0.25) is 4.79 Å². The summed E-state index contributed by atoms with van der Waals surface area (Å²) in [6.45, 7) is 3.85. The van der Waals surface area contributed by atoms with Gasteiger partial charge in [0.25, 0.3) is 5.91 Å².